The Kier molecular flexibility index (Phi) is 5.64. The maximum atomic E-state index is 12.3. The number of hydrogen-bond acceptors (Lipinski definition) is 3. The van der Waals surface area contributed by atoms with E-state index in [1.54, 1.807) is 31.4 Å². The van der Waals surface area contributed by atoms with Crippen molar-refractivity contribution < 1.29 is 14.3 Å². The summed E-state index contributed by atoms with van der Waals surface area (Å²) in [6, 6.07) is 14.2. The van der Waals surface area contributed by atoms with E-state index in [9.17, 15) is 9.59 Å². The van der Waals surface area contributed by atoms with Crippen LogP contribution in [-0.2, 0) is 10.3 Å². The largest absolute Gasteiger partial charge is 0.497 e. The third kappa shape index (κ3) is 5.24. The summed E-state index contributed by atoms with van der Waals surface area (Å²) in [6.07, 6.45) is 0. The van der Waals surface area contributed by atoms with Crippen molar-refractivity contribution in [2.45, 2.75) is 26.3 Å². The standard InChI is InChI=1S/C19H23N3O3/c1-13(23)20-15-6-5-7-16(12-15)21-18(24)22-19(2,3)14-8-10-17(25-4)11-9-14/h5-12H,1-4H3,(H,20,23)(H2,21,22,24). The molecule has 0 aliphatic heterocycles. The summed E-state index contributed by atoms with van der Waals surface area (Å²) in [4.78, 5) is 23.4. The minimum absolute atomic E-state index is 0.165. The van der Waals surface area contributed by atoms with Gasteiger partial charge in [0.1, 0.15) is 5.75 Å². The van der Waals surface area contributed by atoms with Crippen LogP contribution in [0, 0.1) is 0 Å². The topological polar surface area (TPSA) is 79.5 Å². The first kappa shape index (κ1) is 18.3. The van der Waals surface area contributed by atoms with E-state index in [2.05, 4.69) is 16.0 Å². The van der Waals surface area contributed by atoms with Gasteiger partial charge < -0.3 is 20.7 Å². The Bertz CT molecular complexity index is 755. The number of anilines is 2. The Hall–Kier alpha value is -3.02. The average Bonchev–Trinajstić information content (AvgIpc) is 2.54. The van der Waals surface area contributed by atoms with Crippen LogP contribution in [0.25, 0.3) is 0 Å². The van der Waals surface area contributed by atoms with Gasteiger partial charge in [0.2, 0.25) is 5.91 Å². The summed E-state index contributed by atoms with van der Waals surface area (Å²) in [7, 11) is 1.61. The molecule has 2 aromatic carbocycles. The molecule has 6 nitrogen and oxygen atoms in total. The number of methoxy groups -OCH3 is 1. The molecule has 132 valence electrons. The molecule has 0 fully saturated rings. The van der Waals surface area contributed by atoms with Crippen molar-refractivity contribution in [3.05, 3.63) is 54.1 Å². The zero-order valence-electron chi connectivity index (χ0n) is 14.8. The Labute approximate surface area is 147 Å². The maximum absolute atomic E-state index is 12.3. The molecule has 0 aliphatic carbocycles. The highest BCUT2D eigenvalue weighted by atomic mass is 16.5. The summed E-state index contributed by atoms with van der Waals surface area (Å²) in [5.74, 6) is 0.598. The molecule has 0 spiro atoms. The van der Waals surface area contributed by atoms with Crippen molar-refractivity contribution in [2.24, 2.45) is 0 Å². The molecule has 6 heteroatoms. The Morgan fingerprint density at radius 3 is 2.12 bits per heavy atom. The van der Waals surface area contributed by atoms with Crippen LogP contribution in [0.3, 0.4) is 0 Å². The predicted octanol–water partition coefficient (Wildman–Crippen LogP) is 3.71. The van der Waals surface area contributed by atoms with Gasteiger partial charge in [0.25, 0.3) is 0 Å². The van der Waals surface area contributed by atoms with Crippen molar-refractivity contribution in [3.8, 4) is 5.75 Å². The van der Waals surface area contributed by atoms with Gasteiger partial charge in [0.15, 0.2) is 0 Å². The lowest BCUT2D eigenvalue weighted by atomic mass is 9.94. The molecule has 0 aromatic heterocycles. The van der Waals surface area contributed by atoms with E-state index in [1.165, 1.54) is 6.92 Å². The van der Waals surface area contributed by atoms with E-state index in [0.29, 0.717) is 11.4 Å². The molecule has 0 aliphatic rings. The molecular weight excluding hydrogens is 318 g/mol. The Morgan fingerprint density at radius 1 is 0.960 bits per heavy atom. The molecule has 0 heterocycles. The molecule has 3 N–H and O–H groups in total. The number of amides is 3. The molecule has 0 unspecified atom stereocenters. The van der Waals surface area contributed by atoms with E-state index in [0.717, 1.165) is 11.3 Å². The maximum Gasteiger partial charge on any atom is 0.319 e. The first-order valence-corrected chi connectivity index (χ1v) is 7.91. The van der Waals surface area contributed by atoms with Gasteiger partial charge in [-0.3, -0.25) is 4.79 Å². The first-order valence-electron chi connectivity index (χ1n) is 7.91. The molecule has 2 rings (SSSR count). The van der Waals surface area contributed by atoms with Crippen molar-refractivity contribution in [1.29, 1.82) is 0 Å². The van der Waals surface area contributed by atoms with Crippen LogP contribution in [0.4, 0.5) is 16.2 Å². The lowest BCUT2D eigenvalue weighted by Crippen LogP contribution is -2.43. The zero-order valence-corrected chi connectivity index (χ0v) is 14.8. The summed E-state index contributed by atoms with van der Waals surface area (Å²) >= 11 is 0. The second-order valence-electron chi connectivity index (χ2n) is 6.19. The van der Waals surface area contributed by atoms with Crippen molar-refractivity contribution in [2.75, 3.05) is 17.7 Å². The fraction of sp³-hybridized carbons (Fsp3) is 0.263. The molecule has 3 amide bonds. The lowest BCUT2D eigenvalue weighted by Gasteiger charge is -2.27. The predicted molar refractivity (Wildman–Crippen MR) is 98.9 cm³/mol. The van der Waals surface area contributed by atoms with Crippen LogP contribution in [0.5, 0.6) is 5.75 Å². The average molecular weight is 341 g/mol. The van der Waals surface area contributed by atoms with Gasteiger partial charge in [-0.15, -0.1) is 0 Å². The summed E-state index contributed by atoms with van der Waals surface area (Å²) in [5, 5.41) is 8.40. The molecule has 25 heavy (non-hydrogen) atoms. The summed E-state index contributed by atoms with van der Waals surface area (Å²) < 4.78 is 5.15. The summed E-state index contributed by atoms with van der Waals surface area (Å²) in [5.41, 5.74) is 1.61. The molecule has 2 aromatic rings. The van der Waals surface area contributed by atoms with Crippen LogP contribution in [0.15, 0.2) is 48.5 Å². The smallest absolute Gasteiger partial charge is 0.319 e. The second-order valence-corrected chi connectivity index (χ2v) is 6.19. The molecule has 0 saturated carbocycles. The van der Waals surface area contributed by atoms with Crippen LogP contribution < -0.4 is 20.7 Å². The molecule has 0 bridgehead atoms. The minimum Gasteiger partial charge on any atom is -0.497 e. The molecule has 0 saturated heterocycles. The SMILES string of the molecule is COc1ccc(C(C)(C)NC(=O)Nc2cccc(NC(C)=O)c2)cc1. The van der Waals surface area contributed by atoms with Gasteiger partial charge in [-0.25, -0.2) is 4.79 Å². The zero-order chi connectivity index (χ0) is 18.4. The third-order valence-electron chi connectivity index (χ3n) is 3.68. The van der Waals surface area contributed by atoms with Crippen molar-refractivity contribution in [3.63, 3.8) is 0 Å². The van der Waals surface area contributed by atoms with Gasteiger partial charge in [0.05, 0.1) is 12.6 Å². The van der Waals surface area contributed by atoms with Gasteiger partial charge in [-0.2, -0.15) is 0 Å². The van der Waals surface area contributed by atoms with Gasteiger partial charge in [-0.1, -0.05) is 18.2 Å². The Balaban J connectivity index is 2.04. The number of rotatable bonds is 5. The normalized spacial score (nSPS) is 10.7. The number of benzene rings is 2. The first-order chi connectivity index (χ1) is 11.8. The van der Waals surface area contributed by atoms with E-state index in [-0.39, 0.29) is 11.9 Å². The van der Waals surface area contributed by atoms with E-state index < -0.39 is 5.54 Å². The van der Waals surface area contributed by atoms with Crippen LogP contribution in [0.1, 0.15) is 26.3 Å². The van der Waals surface area contributed by atoms with Crippen molar-refractivity contribution >= 4 is 23.3 Å². The monoisotopic (exact) mass is 341 g/mol. The highest BCUT2D eigenvalue weighted by molar-refractivity contribution is 5.92. The number of hydrogen-bond donors (Lipinski definition) is 3. The quantitative estimate of drug-likeness (QED) is 0.775. The Morgan fingerprint density at radius 2 is 1.56 bits per heavy atom. The number of urea groups is 1. The van der Waals surface area contributed by atoms with Gasteiger partial charge in [0, 0.05) is 18.3 Å². The number of carbonyl (C=O) groups is 2. The number of ether oxygens (including phenoxy) is 1. The molecular formula is C19H23N3O3. The van der Waals surface area contributed by atoms with Crippen LogP contribution in [0.2, 0.25) is 0 Å². The molecule has 0 radical (unpaired) electrons. The van der Waals surface area contributed by atoms with Crippen LogP contribution >= 0.6 is 0 Å². The van der Waals surface area contributed by atoms with Crippen molar-refractivity contribution in [1.82, 2.24) is 5.32 Å². The fourth-order valence-corrected chi connectivity index (χ4v) is 2.40. The van der Waals surface area contributed by atoms with Gasteiger partial charge >= 0.3 is 6.03 Å². The number of carbonyl (C=O) groups excluding carboxylic acids is 2. The van der Waals surface area contributed by atoms with Gasteiger partial charge in [-0.05, 0) is 49.7 Å². The number of nitrogens with one attached hydrogen (secondary N) is 3. The third-order valence-corrected chi connectivity index (χ3v) is 3.68. The molecule has 0 atom stereocenters. The van der Waals surface area contributed by atoms with Crippen LogP contribution in [-0.4, -0.2) is 19.0 Å². The van der Waals surface area contributed by atoms with E-state index >= 15 is 0 Å². The van der Waals surface area contributed by atoms with E-state index in [1.807, 2.05) is 38.1 Å². The summed E-state index contributed by atoms with van der Waals surface area (Å²) in [6.45, 7) is 5.27. The highest BCUT2D eigenvalue weighted by Gasteiger charge is 2.23. The minimum atomic E-state index is -0.564. The van der Waals surface area contributed by atoms with E-state index in [4.69, 9.17) is 4.74 Å². The lowest BCUT2D eigenvalue weighted by molar-refractivity contribution is -0.114. The highest BCUT2D eigenvalue weighted by Crippen LogP contribution is 2.23. The second kappa shape index (κ2) is 7.70. The fourth-order valence-electron chi connectivity index (χ4n) is 2.40.